The molecular weight excluding hydrogens is 676 g/mol. The number of hydrogen-bond donors (Lipinski definition) is 12. The average Bonchev–Trinajstić information content (AvgIpc) is 3.08. The second-order valence-electron chi connectivity index (χ2n) is 12.7. The van der Waals surface area contributed by atoms with Crippen LogP contribution in [-0.4, -0.2) is 105 Å². The second kappa shape index (κ2) is 12.8. The Balaban J connectivity index is 1.46. The van der Waals surface area contributed by atoms with Crippen molar-refractivity contribution in [1.29, 1.82) is 0 Å². The van der Waals surface area contributed by atoms with E-state index in [1.165, 1.54) is 18.2 Å². The van der Waals surface area contributed by atoms with Gasteiger partial charge in [0.15, 0.2) is 29.1 Å². The summed E-state index contributed by atoms with van der Waals surface area (Å²) in [5.41, 5.74) is 0.142. The molecule has 4 aromatic rings. The number of rotatable bonds is 5. The fourth-order valence-corrected chi connectivity index (χ4v) is 6.80. The van der Waals surface area contributed by atoms with Crippen molar-refractivity contribution in [3.8, 4) is 57.5 Å². The van der Waals surface area contributed by atoms with Crippen molar-refractivity contribution in [3.05, 3.63) is 82.4 Å². The Morgan fingerprint density at radius 1 is 0.569 bits per heavy atom. The molecule has 3 heterocycles. The van der Waals surface area contributed by atoms with E-state index in [1.807, 2.05) is 0 Å². The number of phenols is 7. The van der Waals surface area contributed by atoms with Crippen molar-refractivity contribution in [2.75, 3.05) is 6.61 Å². The van der Waals surface area contributed by atoms with Gasteiger partial charge in [0.2, 0.25) is 6.29 Å². The normalized spacial score (nSPS) is 28.5. The van der Waals surface area contributed by atoms with Gasteiger partial charge in [-0.15, -0.1) is 0 Å². The Labute approximate surface area is 288 Å². The van der Waals surface area contributed by atoms with Crippen LogP contribution >= 0.6 is 0 Å². The highest BCUT2D eigenvalue weighted by molar-refractivity contribution is 5.66. The van der Waals surface area contributed by atoms with Crippen molar-refractivity contribution in [3.63, 3.8) is 0 Å². The van der Waals surface area contributed by atoms with Crippen molar-refractivity contribution in [2.45, 2.75) is 61.4 Å². The summed E-state index contributed by atoms with van der Waals surface area (Å²) in [7, 11) is 0. The summed E-state index contributed by atoms with van der Waals surface area (Å²) in [6.45, 7) is -0.459. The smallest absolute Gasteiger partial charge is 0.228 e. The number of ether oxygens (including phenoxy) is 4. The summed E-state index contributed by atoms with van der Waals surface area (Å²) in [4.78, 5) is 0. The quantitative estimate of drug-likeness (QED) is 0.129. The lowest BCUT2D eigenvalue weighted by Crippen LogP contribution is -2.54. The molecule has 0 bridgehead atoms. The van der Waals surface area contributed by atoms with E-state index in [0.29, 0.717) is 0 Å². The number of aromatic hydroxyl groups is 7. The van der Waals surface area contributed by atoms with E-state index >= 15 is 0 Å². The molecule has 7 rings (SSSR count). The van der Waals surface area contributed by atoms with Gasteiger partial charge in [0, 0.05) is 41.3 Å². The van der Waals surface area contributed by atoms with Gasteiger partial charge in [-0.3, -0.25) is 0 Å². The van der Waals surface area contributed by atoms with E-state index in [9.17, 15) is 61.3 Å². The summed E-state index contributed by atoms with van der Waals surface area (Å²) in [5, 5.41) is 128. The van der Waals surface area contributed by atoms with E-state index in [2.05, 4.69) is 0 Å². The first kappa shape index (κ1) is 34.1. The predicted molar refractivity (Wildman–Crippen MR) is 170 cm³/mol. The van der Waals surface area contributed by atoms with Gasteiger partial charge in [0.05, 0.1) is 18.6 Å². The largest absolute Gasteiger partial charge is 0.508 e. The molecule has 12 N–H and O–H groups in total. The van der Waals surface area contributed by atoms with Gasteiger partial charge in [-0.1, -0.05) is 12.1 Å². The first-order valence-electron chi connectivity index (χ1n) is 15.7. The zero-order valence-corrected chi connectivity index (χ0v) is 26.3. The molecule has 0 spiro atoms. The summed E-state index contributed by atoms with van der Waals surface area (Å²) >= 11 is 0. The summed E-state index contributed by atoms with van der Waals surface area (Å²) in [6.07, 6.45) is -12.6. The standard InChI is InChI=1S/C35H34O16/c36-14-7-21(42)26-24(8-14)49-33(13-2-4-17(38)20(41)6-13)30(46)28(26)27-25(50-35-31(47)29(45)23(44)11-48-35)10-18(39)15-9-22(43)32(51-34(15)27)12-1-3-16(37)19(40)5-12/h1-8,10,22-23,28-33,35-47H,9,11H2/t22-,23-,28-,29+,30-,31-,32-,33-,35+/m1/s1. The molecule has 0 amide bonds. The number of phenolic OH excluding ortho intramolecular Hbond substituents is 7. The maximum absolute atomic E-state index is 12.2. The maximum atomic E-state index is 12.2. The van der Waals surface area contributed by atoms with Crippen LogP contribution in [0.15, 0.2) is 54.6 Å². The van der Waals surface area contributed by atoms with Crippen LogP contribution in [0.1, 0.15) is 45.9 Å². The van der Waals surface area contributed by atoms with Crippen molar-refractivity contribution >= 4 is 0 Å². The monoisotopic (exact) mass is 710 g/mol. The summed E-state index contributed by atoms with van der Waals surface area (Å²) in [6, 6.07) is 10.6. The molecule has 0 aliphatic carbocycles. The molecule has 3 aliphatic heterocycles. The molecule has 4 aromatic carbocycles. The number of hydrogen-bond acceptors (Lipinski definition) is 16. The summed E-state index contributed by atoms with van der Waals surface area (Å²) < 4.78 is 23.9. The van der Waals surface area contributed by atoms with Crippen molar-refractivity contribution in [2.24, 2.45) is 0 Å². The van der Waals surface area contributed by atoms with Crippen LogP contribution in [0.4, 0.5) is 0 Å². The first-order chi connectivity index (χ1) is 24.2. The molecule has 270 valence electrons. The highest BCUT2D eigenvalue weighted by atomic mass is 16.7. The van der Waals surface area contributed by atoms with E-state index in [0.717, 1.165) is 36.4 Å². The Morgan fingerprint density at radius 2 is 1.22 bits per heavy atom. The van der Waals surface area contributed by atoms with Gasteiger partial charge in [-0.25, -0.2) is 0 Å². The molecule has 16 nitrogen and oxygen atoms in total. The van der Waals surface area contributed by atoms with Crippen LogP contribution in [0.3, 0.4) is 0 Å². The van der Waals surface area contributed by atoms with Gasteiger partial charge < -0.3 is 80.2 Å². The number of fused-ring (bicyclic) bond motifs is 2. The SMILES string of the molecule is Oc1cc(O)c2c(c1)O[C@H](c1ccc(O)c(O)c1)[C@H](O)[C@H]2c1c(O[C@@H]2OC[C@@H](O)[C@H](O)[C@H]2O)cc(O)c2c1O[C@H](c1ccc(O)c(O)c1)[C@H](O)C2. The molecule has 16 heteroatoms. The Bertz CT molecular complexity index is 1980. The molecule has 1 saturated heterocycles. The van der Waals surface area contributed by atoms with Crippen LogP contribution in [0.2, 0.25) is 0 Å². The fraction of sp³-hybridized carbons (Fsp3) is 0.314. The molecular formula is C35H34O16. The third-order valence-electron chi connectivity index (χ3n) is 9.35. The lowest BCUT2D eigenvalue weighted by molar-refractivity contribution is -0.242. The molecule has 0 saturated carbocycles. The molecule has 9 atom stereocenters. The van der Waals surface area contributed by atoms with Crippen molar-refractivity contribution in [1.82, 2.24) is 0 Å². The topological polar surface area (TPSA) is 280 Å². The predicted octanol–water partition coefficient (Wildman–Crippen LogP) is 1.11. The minimum Gasteiger partial charge on any atom is -0.508 e. The second-order valence-corrected chi connectivity index (χ2v) is 12.7. The number of aliphatic hydroxyl groups excluding tert-OH is 5. The van der Waals surface area contributed by atoms with Crippen LogP contribution < -0.4 is 14.2 Å². The minimum absolute atomic E-state index is 0.0157. The number of benzene rings is 4. The van der Waals surface area contributed by atoms with Gasteiger partial charge >= 0.3 is 0 Å². The molecule has 0 radical (unpaired) electrons. The van der Waals surface area contributed by atoms with E-state index in [-0.39, 0.29) is 51.5 Å². The third-order valence-corrected chi connectivity index (χ3v) is 9.35. The summed E-state index contributed by atoms with van der Waals surface area (Å²) in [5.74, 6) is -5.52. The Morgan fingerprint density at radius 3 is 1.86 bits per heavy atom. The van der Waals surface area contributed by atoms with Crippen LogP contribution in [0.5, 0.6) is 57.5 Å². The van der Waals surface area contributed by atoms with E-state index < -0.39 is 102 Å². The molecule has 0 unspecified atom stereocenters. The van der Waals surface area contributed by atoms with E-state index in [4.69, 9.17) is 18.9 Å². The number of aliphatic hydroxyl groups is 5. The average molecular weight is 711 g/mol. The lowest BCUT2D eigenvalue weighted by atomic mass is 9.77. The van der Waals surface area contributed by atoms with Crippen molar-refractivity contribution < 1.29 is 80.2 Å². The molecule has 1 fully saturated rings. The fourth-order valence-electron chi connectivity index (χ4n) is 6.80. The lowest BCUT2D eigenvalue weighted by Gasteiger charge is -2.41. The van der Waals surface area contributed by atoms with Gasteiger partial charge in [0.1, 0.15) is 65.0 Å². The molecule has 0 aromatic heterocycles. The van der Waals surface area contributed by atoms with Crippen LogP contribution in [0.25, 0.3) is 0 Å². The zero-order valence-electron chi connectivity index (χ0n) is 26.3. The van der Waals surface area contributed by atoms with E-state index in [1.54, 1.807) is 0 Å². The highest BCUT2D eigenvalue weighted by Crippen LogP contribution is 2.57. The van der Waals surface area contributed by atoms with Crippen LogP contribution in [0, 0.1) is 0 Å². The van der Waals surface area contributed by atoms with Gasteiger partial charge in [-0.2, -0.15) is 0 Å². The van der Waals surface area contributed by atoms with Gasteiger partial charge in [-0.05, 0) is 35.4 Å². The van der Waals surface area contributed by atoms with Crippen LogP contribution in [-0.2, 0) is 11.2 Å². The Hall–Kier alpha value is -5.36. The first-order valence-corrected chi connectivity index (χ1v) is 15.7. The minimum atomic E-state index is -1.82. The molecule has 51 heavy (non-hydrogen) atoms. The highest BCUT2D eigenvalue weighted by Gasteiger charge is 2.48. The zero-order chi connectivity index (χ0) is 36.5. The Kier molecular flexibility index (Phi) is 8.53. The maximum Gasteiger partial charge on any atom is 0.228 e. The van der Waals surface area contributed by atoms with Gasteiger partial charge in [0.25, 0.3) is 0 Å². The molecule has 3 aliphatic rings. The third kappa shape index (κ3) is 5.86.